The molecular formula is C15H19N3O2. The van der Waals surface area contributed by atoms with E-state index in [0.717, 1.165) is 6.42 Å². The Balaban J connectivity index is 2.58. The van der Waals surface area contributed by atoms with Gasteiger partial charge in [0.25, 0.3) is 11.5 Å². The number of nitrogens with zero attached hydrogens (tertiary/aromatic N) is 2. The molecule has 0 aliphatic carbocycles. The van der Waals surface area contributed by atoms with E-state index in [4.69, 9.17) is 0 Å². The average Bonchev–Trinajstić information content (AvgIpc) is 2.42. The van der Waals surface area contributed by atoms with Crippen molar-refractivity contribution in [2.75, 3.05) is 0 Å². The lowest BCUT2D eigenvalue weighted by atomic mass is 10.0. The predicted octanol–water partition coefficient (Wildman–Crippen LogP) is 1.85. The second kappa shape index (κ2) is 5.07. The largest absolute Gasteiger partial charge is 0.346 e. The van der Waals surface area contributed by atoms with Gasteiger partial charge in [0.05, 0.1) is 5.39 Å². The molecule has 5 heteroatoms. The lowest BCUT2D eigenvalue weighted by Gasteiger charge is -2.24. The molecule has 0 fully saturated rings. The molecule has 20 heavy (non-hydrogen) atoms. The highest BCUT2D eigenvalue weighted by molar-refractivity contribution is 6.05. The van der Waals surface area contributed by atoms with Crippen molar-refractivity contribution in [2.45, 2.75) is 32.7 Å². The topological polar surface area (TPSA) is 64.0 Å². The number of carbonyl (C=O) groups is 1. The van der Waals surface area contributed by atoms with Gasteiger partial charge in [0.1, 0.15) is 0 Å². The zero-order valence-corrected chi connectivity index (χ0v) is 12.2. The number of amides is 1. The molecule has 0 aliphatic heterocycles. The van der Waals surface area contributed by atoms with Crippen LogP contribution in [0.25, 0.3) is 10.8 Å². The molecule has 2 aromatic rings. The zero-order chi connectivity index (χ0) is 14.9. The fourth-order valence-electron chi connectivity index (χ4n) is 1.92. The van der Waals surface area contributed by atoms with E-state index >= 15 is 0 Å². The zero-order valence-electron chi connectivity index (χ0n) is 12.2. The van der Waals surface area contributed by atoms with E-state index in [0.29, 0.717) is 10.8 Å². The summed E-state index contributed by atoms with van der Waals surface area (Å²) >= 11 is 0. The Hall–Kier alpha value is -2.17. The van der Waals surface area contributed by atoms with Crippen molar-refractivity contribution in [2.24, 2.45) is 7.05 Å². The van der Waals surface area contributed by atoms with E-state index in [1.807, 2.05) is 20.8 Å². The quantitative estimate of drug-likeness (QED) is 0.928. The minimum atomic E-state index is -0.311. The average molecular weight is 273 g/mol. The molecule has 1 amide bonds. The molecule has 0 saturated carbocycles. The van der Waals surface area contributed by atoms with Crippen molar-refractivity contribution in [1.29, 1.82) is 0 Å². The lowest BCUT2D eigenvalue weighted by molar-refractivity contribution is 0.0906. The second-order valence-electron chi connectivity index (χ2n) is 5.51. The molecule has 0 unspecified atom stereocenters. The summed E-state index contributed by atoms with van der Waals surface area (Å²) in [6.45, 7) is 5.91. The van der Waals surface area contributed by atoms with Crippen LogP contribution >= 0.6 is 0 Å². The van der Waals surface area contributed by atoms with Gasteiger partial charge in [-0.1, -0.05) is 25.1 Å². The van der Waals surface area contributed by atoms with Crippen LogP contribution in [0, 0.1) is 0 Å². The minimum absolute atomic E-state index is 0.202. The van der Waals surface area contributed by atoms with E-state index in [1.54, 1.807) is 31.3 Å². The summed E-state index contributed by atoms with van der Waals surface area (Å²) in [5, 5.41) is 8.14. The summed E-state index contributed by atoms with van der Waals surface area (Å²) in [6.07, 6.45) is 0.808. The highest BCUT2D eigenvalue weighted by atomic mass is 16.2. The van der Waals surface area contributed by atoms with Gasteiger partial charge >= 0.3 is 0 Å². The van der Waals surface area contributed by atoms with Crippen molar-refractivity contribution in [3.8, 4) is 0 Å². The van der Waals surface area contributed by atoms with Gasteiger partial charge in [-0.3, -0.25) is 9.59 Å². The van der Waals surface area contributed by atoms with Gasteiger partial charge in [-0.25, -0.2) is 4.68 Å². The highest BCUT2D eigenvalue weighted by Gasteiger charge is 2.22. The van der Waals surface area contributed by atoms with Gasteiger partial charge < -0.3 is 5.32 Å². The van der Waals surface area contributed by atoms with Gasteiger partial charge in [0, 0.05) is 18.0 Å². The maximum atomic E-state index is 12.4. The molecule has 0 spiro atoms. The number of hydrogen-bond donors (Lipinski definition) is 1. The predicted molar refractivity (Wildman–Crippen MR) is 78.8 cm³/mol. The summed E-state index contributed by atoms with van der Waals surface area (Å²) in [4.78, 5) is 24.4. The first kappa shape index (κ1) is 14.2. The number of aromatic nitrogens is 2. The fourth-order valence-corrected chi connectivity index (χ4v) is 1.92. The SMILES string of the molecule is CCC(C)(C)NC(=O)c1nn(C)c(=O)c2ccccc12. The molecule has 0 saturated heterocycles. The first-order valence-corrected chi connectivity index (χ1v) is 6.64. The third-order valence-electron chi connectivity index (χ3n) is 3.51. The molecule has 0 aliphatic rings. The Morgan fingerprint density at radius 2 is 1.90 bits per heavy atom. The summed E-state index contributed by atoms with van der Waals surface area (Å²) in [7, 11) is 1.55. The fraction of sp³-hybridized carbons (Fsp3) is 0.400. The third-order valence-corrected chi connectivity index (χ3v) is 3.51. The van der Waals surface area contributed by atoms with Gasteiger partial charge in [0.2, 0.25) is 0 Å². The Labute approximate surface area is 117 Å². The minimum Gasteiger partial charge on any atom is -0.346 e. The van der Waals surface area contributed by atoms with Crippen LogP contribution in [0.15, 0.2) is 29.1 Å². The first-order chi connectivity index (χ1) is 9.35. The van der Waals surface area contributed by atoms with Gasteiger partial charge in [0.15, 0.2) is 5.69 Å². The first-order valence-electron chi connectivity index (χ1n) is 6.64. The van der Waals surface area contributed by atoms with Crippen molar-refractivity contribution >= 4 is 16.7 Å². The van der Waals surface area contributed by atoms with Crippen LogP contribution in [0.2, 0.25) is 0 Å². The Kier molecular flexibility index (Phi) is 3.61. The molecule has 1 aromatic carbocycles. The highest BCUT2D eigenvalue weighted by Crippen LogP contribution is 2.15. The third kappa shape index (κ3) is 2.57. The molecule has 5 nitrogen and oxygen atoms in total. The number of hydrogen-bond acceptors (Lipinski definition) is 3. The van der Waals surface area contributed by atoms with Crippen LogP contribution in [0.4, 0.5) is 0 Å². The van der Waals surface area contributed by atoms with Crippen LogP contribution in [0.3, 0.4) is 0 Å². The molecule has 0 radical (unpaired) electrons. The van der Waals surface area contributed by atoms with E-state index in [2.05, 4.69) is 10.4 Å². The number of carbonyl (C=O) groups excluding carboxylic acids is 1. The van der Waals surface area contributed by atoms with E-state index in [-0.39, 0.29) is 22.7 Å². The Morgan fingerprint density at radius 3 is 2.50 bits per heavy atom. The molecule has 0 bridgehead atoms. The summed E-state index contributed by atoms with van der Waals surface area (Å²) < 4.78 is 1.20. The standard InChI is InChI=1S/C15H19N3O2/c1-5-15(2,3)16-13(19)12-10-8-6-7-9-11(10)14(20)18(4)17-12/h6-9H,5H2,1-4H3,(H,16,19). The van der Waals surface area contributed by atoms with Crippen molar-refractivity contribution in [1.82, 2.24) is 15.1 Å². The van der Waals surface area contributed by atoms with Crippen LogP contribution < -0.4 is 10.9 Å². The van der Waals surface area contributed by atoms with Crippen LogP contribution in [-0.4, -0.2) is 21.2 Å². The summed E-state index contributed by atoms with van der Waals surface area (Å²) in [5.74, 6) is -0.261. The van der Waals surface area contributed by atoms with Gasteiger partial charge in [-0.15, -0.1) is 0 Å². The number of nitrogens with one attached hydrogen (secondary N) is 1. The number of fused-ring (bicyclic) bond motifs is 1. The van der Waals surface area contributed by atoms with Gasteiger partial charge in [-0.05, 0) is 26.3 Å². The molecule has 106 valence electrons. The van der Waals surface area contributed by atoms with E-state index in [1.165, 1.54) is 4.68 Å². The molecule has 1 N–H and O–H groups in total. The van der Waals surface area contributed by atoms with E-state index < -0.39 is 0 Å². The number of rotatable bonds is 3. The van der Waals surface area contributed by atoms with Crippen molar-refractivity contribution in [3.05, 3.63) is 40.3 Å². The smallest absolute Gasteiger partial charge is 0.274 e. The molecule has 1 heterocycles. The Bertz CT molecular complexity index is 717. The Morgan fingerprint density at radius 1 is 1.30 bits per heavy atom. The molecule has 1 aromatic heterocycles. The van der Waals surface area contributed by atoms with Crippen LogP contribution in [0.1, 0.15) is 37.7 Å². The normalized spacial score (nSPS) is 11.6. The lowest BCUT2D eigenvalue weighted by Crippen LogP contribution is -2.43. The van der Waals surface area contributed by atoms with Gasteiger partial charge in [-0.2, -0.15) is 5.10 Å². The maximum absolute atomic E-state index is 12.4. The maximum Gasteiger partial charge on any atom is 0.274 e. The summed E-state index contributed by atoms with van der Waals surface area (Å²) in [5.41, 5.74) is -0.231. The van der Waals surface area contributed by atoms with Crippen molar-refractivity contribution in [3.63, 3.8) is 0 Å². The number of aryl methyl sites for hydroxylation is 1. The summed E-state index contributed by atoms with van der Waals surface area (Å²) in [6, 6.07) is 7.03. The molecular weight excluding hydrogens is 254 g/mol. The van der Waals surface area contributed by atoms with E-state index in [9.17, 15) is 9.59 Å². The molecule has 2 rings (SSSR count). The van der Waals surface area contributed by atoms with Crippen molar-refractivity contribution < 1.29 is 4.79 Å². The molecule has 0 atom stereocenters. The second-order valence-corrected chi connectivity index (χ2v) is 5.51. The monoisotopic (exact) mass is 273 g/mol. The van der Waals surface area contributed by atoms with Crippen LogP contribution in [0.5, 0.6) is 0 Å². The van der Waals surface area contributed by atoms with Crippen LogP contribution in [-0.2, 0) is 7.05 Å². The number of benzene rings is 1.